The minimum absolute atomic E-state index is 0.00218. The molecule has 2 rings (SSSR count). The quantitative estimate of drug-likeness (QED) is 0.913. The molecule has 0 bridgehead atoms. The largest absolute Gasteiger partial charge is 0.493 e. The number of benzene rings is 2. The van der Waals surface area contributed by atoms with E-state index in [2.05, 4.69) is 0 Å². The smallest absolute Gasteiger partial charge is 0.335 e. The summed E-state index contributed by atoms with van der Waals surface area (Å²) >= 11 is 5.69. The van der Waals surface area contributed by atoms with Gasteiger partial charge in [0, 0.05) is 0 Å². The summed E-state index contributed by atoms with van der Waals surface area (Å²) in [5, 5.41) is 8.97. The molecule has 1 N–H and O–H groups in total. The fourth-order valence-electron chi connectivity index (χ4n) is 1.71. The van der Waals surface area contributed by atoms with Crippen molar-refractivity contribution in [2.75, 3.05) is 7.11 Å². The van der Waals surface area contributed by atoms with Gasteiger partial charge >= 0.3 is 5.97 Å². The number of carboxylic acids is 1. The third-order valence-electron chi connectivity index (χ3n) is 2.79. The predicted molar refractivity (Wildman–Crippen MR) is 75.7 cm³/mol. The van der Waals surface area contributed by atoms with Crippen molar-refractivity contribution in [3.8, 4) is 11.5 Å². The van der Waals surface area contributed by atoms with Crippen LogP contribution < -0.4 is 9.47 Å². The van der Waals surface area contributed by atoms with E-state index in [1.54, 1.807) is 0 Å². The van der Waals surface area contributed by atoms with Crippen LogP contribution in [0.25, 0.3) is 0 Å². The third kappa shape index (κ3) is 3.64. The molecule has 0 aliphatic carbocycles. The highest BCUT2D eigenvalue weighted by atomic mass is 35.5. The van der Waals surface area contributed by atoms with Crippen LogP contribution in [0.5, 0.6) is 11.5 Å². The summed E-state index contributed by atoms with van der Waals surface area (Å²) in [6.07, 6.45) is 0. The number of carboxylic acid groups (broad SMARTS) is 1. The molecule has 0 unspecified atom stereocenters. The van der Waals surface area contributed by atoms with Crippen molar-refractivity contribution in [3.05, 3.63) is 58.4 Å². The first-order valence-electron chi connectivity index (χ1n) is 5.99. The van der Waals surface area contributed by atoms with E-state index >= 15 is 0 Å². The van der Waals surface area contributed by atoms with Gasteiger partial charge in [0.05, 0.1) is 17.7 Å². The standard InChI is InChI=1S/C15H12ClFO4/c1-20-13-5-3-10(15(18)19)7-14(13)21-8-9-2-4-12(17)11(16)6-9/h2-7H,8H2,1H3,(H,18,19). The van der Waals surface area contributed by atoms with E-state index < -0.39 is 11.8 Å². The topological polar surface area (TPSA) is 55.8 Å². The van der Waals surface area contributed by atoms with E-state index in [-0.39, 0.29) is 22.9 Å². The van der Waals surface area contributed by atoms with Crippen LogP contribution in [0.1, 0.15) is 15.9 Å². The number of hydrogen-bond donors (Lipinski definition) is 1. The predicted octanol–water partition coefficient (Wildman–Crippen LogP) is 3.76. The van der Waals surface area contributed by atoms with Gasteiger partial charge in [0.25, 0.3) is 0 Å². The second-order valence-corrected chi connectivity index (χ2v) is 4.62. The van der Waals surface area contributed by atoms with Gasteiger partial charge in [-0.2, -0.15) is 0 Å². The number of ether oxygens (including phenoxy) is 2. The molecule has 0 aliphatic heterocycles. The molecule has 110 valence electrons. The molecule has 0 spiro atoms. The average molecular weight is 311 g/mol. The number of carbonyl (C=O) groups is 1. The Morgan fingerprint density at radius 3 is 2.62 bits per heavy atom. The van der Waals surface area contributed by atoms with Crippen molar-refractivity contribution in [3.63, 3.8) is 0 Å². The zero-order chi connectivity index (χ0) is 15.4. The molecule has 21 heavy (non-hydrogen) atoms. The highest BCUT2D eigenvalue weighted by molar-refractivity contribution is 6.30. The molecule has 0 aliphatic rings. The van der Waals surface area contributed by atoms with Crippen LogP contribution >= 0.6 is 11.6 Å². The van der Waals surface area contributed by atoms with Crippen molar-refractivity contribution in [1.82, 2.24) is 0 Å². The minimum Gasteiger partial charge on any atom is -0.493 e. The van der Waals surface area contributed by atoms with E-state index in [9.17, 15) is 9.18 Å². The molecule has 0 saturated heterocycles. The molecular formula is C15H12ClFO4. The molecule has 0 heterocycles. The molecule has 0 radical (unpaired) electrons. The Morgan fingerprint density at radius 2 is 2.00 bits per heavy atom. The van der Waals surface area contributed by atoms with Crippen molar-refractivity contribution in [2.24, 2.45) is 0 Å². The highest BCUT2D eigenvalue weighted by Gasteiger charge is 2.10. The van der Waals surface area contributed by atoms with Gasteiger partial charge in [0.15, 0.2) is 11.5 Å². The van der Waals surface area contributed by atoms with E-state index in [0.29, 0.717) is 11.3 Å². The molecular weight excluding hydrogens is 299 g/mol. The highest BCUT2D eigenvalue weighted by Crippen LogP contribution is 2.29. The molecule has 0 amide bonds. The van der Waals surface area contributed by atoms with Gasteiger partial charge in [-0.3, -0.25) is 0 Å². The average Bonchev–Trinajstić information content (AvgIpc) is 2.48. The van der Waals surface area contributed by atoms with Crippen LogP contribution in [0.3, 0.4) is 0 Å². The number of rotatable bonds is 5. The SMILES string of the molecule is COc1ccc(C(=O)O)cc1OCc1ccc(F)c(Cl)c1. The van der Waals surface area contributed by atoms with Crippen LogP contribution in [0.15, 0.2) is 36.4 Å². The molecule has 0 fully saturated rings. The molecule has 2 aromatic rings. The van der Waals surface area contributed by atoms with E-state index in [1.165, 1.54) is 43.5 Å². The van der Waals surface area contributed by atoms with E-state index in [0.717, 1.165) is 0 Å². The second kappa shape index (κ2) is 6.45. The maximum atomic E-state index is 13.1. The van der Waals surface area contributed by atoms with E-state index in [1.807, 2.05) is 0 Å². The molecule has 0 saturated carbocycles. The van der Waals surface area contributed by atoms with Crippen molar-refractivity contribution >= 4 is 17.6 Å². The summed E-state index contributed by atoms with van der Waals surface area (Å²) in [5.41, 5.74) is 0.743. The summed E-state index contributed by atoms with van der Waals surface area (Å²) in [7, 11) is 1.46. The lowest BCUT2D eigenvalue weighted by Gasteiger charge is -2.11. The molecule has 2 aromatic carbocycles. The number of hydrogen-bond acceptors (Lipinski definition) is 3. The van der Waals surface area contributed by atoms with Gasteiger partial charge in [0.2, 0.25) is 0 Å². The lowest BCUT2D eigenvalue weighted by Crippen LogP contribution is -2.01. The number of methoxy groups -OCH3 is 1. The Balaban J connectivity index is 2.19. The zero-order valence-corrected chi connectivity index (χ0v) is 11.9. The lowest BCUT2D eigenvalue weighted by atomic mass is 10.2. The number of halogens is 2. The maximum absolute atomic E-state index is 13.1. The van der Waals surface area contributed by atoms with Crippen molar-refractivity contribution in [1.29, 1.82) is 0 Å². The number of aromatic carboxylic acids is 1. The summed E-state index contributed by atoms with van der Waals surface area (Å²) in [4.78, 5) is 11.0. The second-order valence-electron chi connectivity index (χ2n) is 4.21. The normalized spacial score (nSPS) is 10.2. The van der Waals surface area contributed by atoms with Gasteiger partial charge in [-0.05, 0) is 35.9 Å². The van der Waals surface area contributed by atoms with Crippen LogP contribution in [0.4, 0.5) is 4.39 Å². The minimum atomic E-state index is -1.06. The van der Waals surface area contributed by atoms with Crippen LogP contribution in [-0.4, -0.2) is 18.2 Å². The Labute approximate surface area is 125 Å². The Hall–Kier alpha value is -2.27. The Bertz CT molecular complexity index is 673. The van der Waals surface area contributed by atoms with E-state index in [4.69, 9.17) is 26.2 Å². The van der Waals surface area contributed by atoms with Gasteiger partial charge in [-0.25, -0.2) is 9.18 Å². The van der Waals surface area contributed by atoms with Crippen molar-refractivity contribution < 1.29 is 23.8 Å². The molecule has 0 aromatic heterocycles. The first kappa shape index (κ1) is 15.1. The lowest BCUT2D eigenvalue weighted by molar-refractivity contribution is 0.0696. The fraction of sp³-hybridized carbons (Fsp3) is 0.133. The fourth-order valence-corrected chi connectivity index (χ4v) is 1.92. The molecule has 0 atom stereocenters. The Morgan fingerprint density at radius 1 is 1.24 bits per heavy atom. The molecule has 4 nitrogen and oxygen atoms in total. The summed E-state index contributed by atoms with van der Waals surface area (Å²) in [6.45, 7) is 0.111. The summed E-state index contributed by atoms with van der Waals surface area (Å²) < 4.78 is 23.7. The van der Waals surface area contributed by atoms with Gasteiger partial charge in [-0.15, -0.1) is 0 Å². The van der Waals surface area contributed by atoms with Crippen molar-refractivity contribution in [2.45, 2.75) is 6.61 Å². The molecule has 6 heteroatoms. The maximum Gasteiger partial charge on any atom is 0.335 e. The first-order chi connectivity index (χ1) is 10.0. The van der Waals surface area contributed by atoms with Gasteiger partial charge in [-0.1, -0.05) is 17.7 Å². The van der Waals surface area contributed by atoms with Gasteiger partial charge in [0.1, 0.15) is 12.4 Å². The summed E-state index contributed by atoms with van der Waals surface area (Å²) in [5.74, 6) is -0.871. The van der Waals surface area contributed by atoms with Crippen LogP contribution in [0, 0.1) is 5.82 Å². The van der Waals surface area contributed by atoms with Crippen LogP contribution in [-0.2, 0) is 6.61 Å². The first-order valence-corrected chi connectivity index (χ1v) is 6.37. The third-order valence-corrected chi connectivity index (χ3v) is 3.08. The van der Waals surface area contributed by atoms with Gasteiger partial charge < -0.3 is 14.6 Å². The monoisotopic (exact) mass is 310 g/mol. The summed E-state index contributed by atoms with van der Waals surface area (Å²) in [6, 6.07) is 8.52. The zero-order valence-electron chi connectivity index (χ0n) is 11.1. The Kier molecular flexibility index (Phi) is 4.65. The van der Waals surface area contributed by atoms with Crippen LogP contribution in [0.2, 0.25) is 5.02 Å².